The van der Waals surface area contributed by atoms with Crippen molar-refractivity contribution in [2.45, 2.75) is 17.6 Å². The number of benzene rings is 2. The van der Waals surface area contributed by atoms with Crippen molar-refractivity contribution in [2.24, 2.45) is 7.05 Å². The van der Waals surface area contributed by atoms with Gasteiger partial charge in [-0.3, -0.25) is 0 Å². The lowest BCUT2D eigenvalue weighted by Crippen LogP contribution is -2.03. The smallest absolute Gasteiger partial charge is 0.188 e. The summed E-state index contributed by atoms with van der Waals surface area (Å²) in [5, 5.41) is 0. The summed E-state index contributed by atoms with van der Waals surface area (Å²) in [6.07, 6.45) is 1.85. The van der Waals surface area contributed by atoms with Gasteiger partial charge in [-0.05, 0) is 30.2 Å². The molecule has 0 spiro atoms. The molecule has 0 fully saturated rings. The van der Waals surface area contributed by atoms with Crippen molar-refractivity contribution in [2.75, 3.05) is 13.9 Å². The van der Waals surface area contributed by atoms with E-state index in [9.17, 15) is 0 Å². The van der Waals surface area contributed by atoms with Gasteiger partial charge in [0, 0.05) is 30.9 Å². The van der Waals surface area contributed by atoms with E-state index in [1.165, 1.54) is 10.5 Å². The molecule has 3 aromatic rings. The van der Waals surface area contributed by atoms with Crippen molar-refractivity contribution in [3.63, 3.8) is 0 Å². The molecule has 2 aromatic carbocycles. The molecule has 0 atom stereocenters. The summed E-state index contributed by atoms with van der Waals surface area (Å²) in [6, 6.07) is 12.4. The zero-order chi connectivity index (χ0) is 16.2. The Morgan fingerprint density at radius 2 is 2.00 bits per heavy atom. The van der Waals surface area contributed by atoms with Crippen LogP contribution in [0.15, 0.2) is 47.6 Å². The molecule has 0 aliphatic rings. The molecular weight excluding hydrogens is 308 g/mol. The van der Waals surface area contributed by atoms with Gasteiger partial charge < -0.3 is 14.0 Å². The molecule has 3 rings (SSSR count). The summed E-state index contributed by atoms with van der Waals surface area (Å²) >= 11 is 1.81. The number of thioether (sulfide) groups is 1. The SMILES string of the molecule is COCOc1cc2c(ncn2C)c(CSc2ccccc2)c1C. The second-order valence-electron chi connectivity index (χ2n) is 5.35. The number of aromatic nitrogens is 2. The van der Waals surface area contributed by atoms with Crippen molar-refractivity contribution in [1.82, 2.24) is 9.55 Å². The van der Waals surface area contributed by atoms with Gasteiger partial charge in [-0.15, -0.1) is 11.8 Å². The first-order valence-corrected chi connectivity index (χ1v) is 8.42. The maximum Gasteiger partial charge on any atom is 0.188 e. The summed E-state index contributed by atoms with van der Waals surface area (Å²) < 4.78 is 12.8. The van der Waals surface area contributed by atoms with Crippen LogP contribution in [0.5, 0.6) is 5.75 Å². The summed E-state index contributed by atoms with van der Waals surface area (Å²) in [7, 11) is 3.63. The fourth-order valence-electron chi connectivity index (χ4n) is 2.52. The number of nitrogens with zero attached hydrogens (tertiary/aromatic N) is 2. The van der Waals surface area contributed by atoms with Gasteiger partial charge in [0.1, 0.15) is 5.75 Å². The standard InChI is InChI=1S/C18H20N2O2S/c1-13-15(10-23-14-7-5-4-6-8-14)18-16(20(2)11-19-18)9-17(13)22-12-21-3/h4-9,11H,10,12H2,1-3H3. The number of rotatable bonds is 6. The van der Waals surface area contributed by atoms with Gasteiger partial charge in [0.05, 0.1) is 17.4 Å². The molecule has 0 aliphatic heterocycles. The van der Waals surface area contributed by atoms with Crippen molar-refractivity contribution in [3.05, 3.63) is 53.9 Å². The van der Waals surface area contributed by atoms with Gasteiger partial charge in [0.2, 0.25) is 0 Å². The van der Waals surface area contributed by atoms with E-state index >= 15 is 0 Å². The first-order valence-electron chi connectivity index (χ1n) is 7.43. The zero-order valence-corrected chi connectivity index (χ0v) is 14.4. The minimum absolute atomic E-state index is 0.246. The molecular formula is C18H20N2O2S. The molecule has 4 nitrogen and oxygen atoms in total. The van der Waals surface area contributed by atoms with Crippen LogP contribution in [-0.4, -0.2) is 23.5 Å². The Labute approximate surface area is 140 Å². The van der Waals surface area contributed by atoms with Crippen molar-refractivity contribution in [1.29, 1.82) is 0 Å². The lowest BCUT2D eigenvalue weighted by atomic mass is 10.1. The highest BCUT2D eigenvalue weighted by molar-refractivity contribution is 7.98. The number of ether oxygens (including phenoxy) is 2. The highest BCUT2D eigenvalue weighted by Gasteiger charge is 2.15. The minimum atomic E-state index is 0.246. The molecule has 0 unspecified atom stereocenters. The maximum absolute atomic E-state index is 5.74. The third-order valence-corrected chi connectivity index (χ3v) is 4.86. The van der Waals surface area contributed by atoms with Crippen LogP contribution in [0.25, 0.3) is 11.0 Å². The van der Waals surface area contributed by atoms with E-state index in [4.69, 9.17) is 9.47 Å². The monoisotopic (exact) mass is 328 g/mol. The zero-order valence-electron chi connectivity index (χ0n) is 13.6. The summed E-state index contributed by atoms with van der Waals surface area (Å²) in [5.74, 6) is 1.71. The van der Waals surface area contributed by atoms with Gasteiger partial charge in [0.15, 0.2) is 6.79 Å². The van der Waals surface area contributed by atoms with Crippen molar-refractivity contribution >= 4 is 22.8 Å². The van der Waals surface area contributed by atoms with Gasteiger partial charge in [0.25, 0.3) is 0 Å². The molecule has 0 radical (unpaired) electrons. The average Bonchev–Trinajstić information content (AvgIpc) is 2.94. The van der Waals surface area contributed by atoms with Crippen LogP contribution >= 0.6 is 11.8 Å². The first kappa shape index (κ1) is 15.9. The van der Waals surface area contributed by atoms with Gasteiger partial charge >= 0.3 is 0 Å². The molecule has 0 saturated heterocycles. The normalized spacial score (nSPS) is 11.1. The van der Waals surface area contributed by atoms with Crippen LogP contribution in [0, 0.1) is 6.92 Å². The summed E-state index contributed by atoms with van der Waals surface area (Å²) in [5.41, 5.74) is 4.45. The van der Waals surface area contributed by atoms with Gasteiger partial charge in [-0.2, -0.15) is 0 Å². The quantitative estimate of drug-likeness (QED) is 0.503. The third-order valence-electron chi connectivity index (χ3n) is 3.82. The van der Waals surface area contributed by atoms with E-state index in [1.807, 2.05) is 41.8 Å². The first-order chi connectivity index (χ1) is 11.2. The Kier molecular flexibility index (Phi) is 4.88. The lowest BCUT2D eigenvalue weighted by molar-refractivity contribution is 0.0507. The van der Waals surface area contributed by atoms with Crippen LogP contribution in [0.3, 0.4) is 0 Å². The molecule has 0 saturated carbocycles. The molecule has 120 valence electrons. The van der Waals surface area contributed by atoms with E-state index in [-0.39, 0.29) is 6.79 Å². The fraction of sp³-hybridized carbons (Fsp3) is 0.278. The third kappa shape index (κ3) is 3.35. The molecule has 0 bridgehead atoms. The predicted octanol–water partition coefficient (Wildman–Crippen LogP) is 4.16. The number of hydrogen-bond acceptors (Lipinski definition) is 4. The summed E-state index contributed by atoms with van der Waals surface area (Å²) in [4.78, 5) is 5.82. The largest absolute Gasteiger partial charge is 0.467 e. The average molecular weight is 328 g/mol. The molecule has 5 heteroatoms. The van der Waals surface area contributed by atoms with Crippen LogP contribution in [0.4, 0.5) is 0 Å². The Bertz CT molecular complexity index is 800. The fourth-order valence-corrected chi connectivity index (χ4v) is 3.54. The molecule has 0 aliphatic carbocycles. The second kappa shape index (κ2) is 7.06. The Morgan fingerprint density at radius 1 is 1.22 bits per heavy atom. The van der Waals surface area contributed by atoms with Crippen LogP contribution in [0.1, 0.15) is 11.1 Å². The van der Waals surface area contributed by atoms with E-state index in [1.54, 1.807) is 7.11 Å². The lowest BCUT2D eigenvalue weighted by Gasteiger charge is -2.14. The van der Waals surface area contributed by atoms with Crippen LogP contribution in [0.2, 0.25) is 0 Å². The van der Waals surface area contributed by atoms with Crippen LogP contribution < -0.4 is 4.74 Å². The second-order valence-corrected chi connectivity index (χ2v) is 6.40. The molecule has 1 heterocycles. The number of hydrogen-bond donors (Lipinski definition) is 0. The Hall–Kier alpha value is -1.98. The molecule has 0 amide bonds. The number of aryl methyl sites for hydroxylation is 1. The van der Waals surface area contributed by atoms with Crippen molar-refractivity contribution < 1.29 is 9.47 Å². The van der Waals surface area contributed by atoms with Gasteiger partial charge in [-0.25, -0.2) is 4.98 Å². The highest BCUT2D eigenvalue weighted by atomic mass is 32.2. The highest BCUT2D eigenvalue weighted by Crippen LogP contribution is 2.34. The number of imidazole rings is 1. The molecule has 0 N–H and O–H groups in total. The maximum atomic E-state index is 5.74. The Balaban J connectivity index is 1.97. The summed E-state index contributed by atoms with van der Waals surface area (Å²) in [6.45, 7) is 2.33. The van der Waals surface area contributed by atoms with Crippen molar-refractivity contribution in [3.8, 4) is 5.75 Å². The number of methoxy groups -OCH3 is 1. The topological polar surface area (TPSA) is 36.3 Å². The van der Waals surface area contributed by atoms with E-state index in [2.05, 4.69) is 36.2 Å². The van der Waals surface area contributed by atoms with E-state index in [0.29, 0.717) is 0 Å². The Morgan fingerprint density at radius 3 is 2.74 bits per heavy atom. The van der Waals surface area contributed by atoms with E-state index in [0.717, 1.165) is 28.1 Å². The molecule has 23 heavy (non-hydrogen) atoms. The number of fused-ring (bicyclic) bond motifs is 1. The van der Waals surface area contributed by atoms with Crippen LogP contribution in [-0.2, 0) is 17.5 Å². The van der Waals surface area contributed by atoms with E-state index < -0.39 is 0 Å². The predicted molar refractivity (Wildman–Crippen MR) is 94.0 cm³/mol. The van der Waals surface area contributed by atoms with Gasteiger partial charge in [-0.1, -0.05) is 18.2 Å². The minimum Gasteiger partial charge on any atom is -0.467 e. The molecule has 1 aromatic heterocycles.